The zero-order valence-electron chi connectivity index (χ0n) is 18.2. The molecule has 3 heterocycles. The fourth-order valence-corrected chi connectivity index (χ4v) is 4.17. The summed E-state index contributed by atoms with van der Waals surface area (Å²) in [6.45, 7) is 2.61. The molecule has 0 spiro atoms. The molecule has 4 rings (SSSR count). The van der Waals surface area contributed by atoms with Gasteiger partial charge >= 0.3 is 17.6 Å². The number of esters is 2. The first-order valence-electron chi connectivity index (χ1n) is 10.3. The maximum atomic E-state index is 13.6. The van der Waals surface area contributed by atoms with Crippen molar-refractivity contribution in [3.05, 3.63) is 50.5 Å². The van der Waals surface area contributed by atoms with Crippen molar-refractivity contribution in [3.8, 4) is 0 Å². The van der Waals surface area contributed by atoms with Crippen molar-refractivity contribution in [1.82, 2.24) is 19.1 Å². The van der Waals surface area contributed by atoms with E-state index in [0.717, 1.165) is 0 Å². The molecule has 1 fully saturated rings. The molecule has 180 valence electrons. The van der Waals surface area contributed by atoms with Gasteiger partial charge in [-0.25, -0.2) is 14.3 Å². The minimum Gasteiger partial charge on any atom is -0.463 e. The smallest absolute Gasteiger partial charge is 0.332 e. The van der Waals surface area contributed by atoms with Crippen molar-refractivity contribution in [2.24, 2.45) is 0 Å². The highest BCUT2D eigenvalue weighted by atomic mass is 35.5. The first-order chi connectivity index (χ1) is 16.1. The molecule has 0 aliphatic carbocycles. The van der Waals surface area contributed by atoms with Crippen LogP contribution in [0.5, 0.6) is 0 Å². The highest BCUT2D eigenvalue weighted by molar-refractivity contribution is 6.42. The molecule has 0 amide bonds. The van der Waals surface area contributed by atoms with Crippen molar-refractivity contribution in [2.45, 2.75) is 45.2 Å². The number of nitrogens with two attached hydrogens (primary N) is 1. The van der Waals surface area contributed by atoms with Gasteiger partial charge in [-0.3, -0.25) is 14.2 Å². The Labute approximate surface area is 203 Å². The Kier molecular flexibility index (Phi) is 6.78. The Morgan fingerprint density at radius 1 is 1.24 bits per heavy atom. The number of carbonyl (C=O) groups excluding carboxylic acids is 2. The molecule has 3 aromatic rings. The van der Waals surface area contributed by atoms with E-state index in [1.165, 1.54) is 29.2 Å². The van der Waals surface area contributed by atoms with Crippen molar-refractivity contribution in [1.29, 1.82) is 0 Å². The van der Waals surface area contributed by atoms with Gasteiger partial charge in [-0.15, -0.1) is 0 Å². The average molecular weight is 510 g/mol. The van der Waals surface area contributed by atoms with Crippen LogP contribution in [0.25, 0.3) is 11.2 Å². The summed E-state index contributed by atoms with van der Waals surface area (Å²) in [6.07, 6.45) is -0.805. The van der Waals surface area contributed by atoms with Gasteiger partial charge < -0.3 is 19.9 Å². The third-order valence-corrected chi connectivity index (χ3v) is 5.98. The highest BCUT2D eigenvalue weighted by Crippen LogP contribution is 2.33. The summed E-state index contributed by atoms with van der Waals surface area (Å²) in [5.74, 6) is -1.08. The van der Waals surface area contributed by atoms with Crippen LogP contribution in [0, 0.1) is 0 Å². The Bertz CT molecular complexity index is 1320. The zero-order valence-corrected chi connectivity index (χ0v) is 19.7. The predicted molar refractivity (Wildman–Crippen MR) is 122 cm³/mol. The lowest BCUT2D eigenvalue weighted by Gasteiger charge is -2.19. The van der Waals surface area contributed by atoms with Crippen LogP contribution in [0.2, 0.25) is 10.0 Å². The van der Waals surface area contributed by atoms with Crippen LogP contribution in [0.3, 0.4) is 0 Å². The highest BCUT2D eigenvalue weighted by Gasteiger charge is 2.41. The van der Waals surface area contributed by atoms with Crippen LogP contribution < -0.4 is 11.4 Å². The molecule has 34 heavy (non-hydrogen) atoms. The second-order valence-electron chi connectivity index (χ2n) is 7.76. The summed E-state index contributed by atoms with van der Waals surface area (Å²) in [5.41, 5.74) is 6.61. The SMILES string of the molecule is CC(=O)OC[C@@H]1C[C@@H](OC(C)=O)[C@H](n2c(=O)n(Cc3ccc(Cl)c(Cl)c3)c3cnc(N)nc32)O1. The molecular formula is C21H21Cl2N5O6. The number of anilines is 1. The van der Waals surface area contributed by atoms with E-state index in [-0.39, 0.29) is 31.2 Å². The van der Waals surface area contributed by atoms with Crippen molar-refractivity contribution in [3.63, 3.8) is 0 Å². The average Bonchev–Trinajstić information content (AvgIpc) is 3.26. The normalized spacial score (nSPS) is 19.9. The van der Waals surface area contributed by atoms with Gasteiger partial charge in [-0.05, 0) is 17.7 Å². The maximum absolute atomic E-state index is 13.6. The standard InChI is InChI=1S/C21H21Cl2N5O6/c1-10(29)32-9-13-6-17(33-11(2)30)19(34-13)28-18-16(7-25-20(24)26-18)27(21(28)31)8-12-3-4-14(22)15(23)5-12/h3-5,7,13,17,19H,6,8-9H2,1-2H3,(H2,24,25,26)/t13-,17+,19+/m0/s1. The van der Waals surface area contributed by atoms with Gasteiger partial charge in [0.15, 0.2) is 11.9 Å². The van der Waals surface area contributed by atoms with Crippen LogP contribution in [-0.2, 0) is 30.3 Å². The number of halogens is 2. The van der Waals surface area contributed by atoms with Gasteiger partial charge in [0.1, 0.15) is 18.2 Å². The predicted octanol–water partition coefficient (Wildman–Crippen LogP) is 2.31. The lowest BCUT2D eigenvalue weighted by atomic mass is 10.2. The Morgan fingerprint density at radius 2 is 2.00 bits per heavy atom. The first-order valence-corrected chi connectivity index (χ1v) is 11.0. The van der Waals surface area contributed by atoms with Crippen molar-refractivity contribution < 1.29 is 23.8 Å². The number of aromatic nitrogens is 4. The first kappa shape index (κ1) is 24.0. The second-order valence-corrected chi connectivity index (χ2v) is 8.57. The van der Waals surface area contributed by atoms with Crippen LogP contribution >= 0.6 is 23.2 Å². The van der Waals surface area contributed by atoms with E-state index >= 15 is 0 Å². The second kappa shape index (κ2) is 9.61. The van der Waals surface area contributed by atoms with E-state index in [2.05, 4.69) is 9.97 Å². The van der Waals surface area contributed by atoms with E-state index in [4.69, 9.17) is 43.1 Å². The van der Waals surface area contributed by atoms with E-state index in [9.17, 15) is 14.4 Å². The Balaban J connectivity index is 1.79. The molecule has 0 bridgehead atoms. The Morgan fingerprint density at radius 3 is 2.68 bits per heavy atom. The van der Waals surface area contributed by atoms with Gasteiger partial charge in [-0.1, -0.05) is 29.3 Å². The number of carbonyl (C=O) groups is 2. The van der Waals surface area contributed by atoms with Crippen LogP contribution in [0.4, 0.5) is 5.95 Å². The molecule has 0 unspecified atom stereocenters. The largest absolute Gasteiger partial charge is 0.463 e. The molecule has 1 saturated heterocycles. The number of benzene rings is 1. The summed E-state index contributed by atoms with van der Waals surface area (Å²) in [7, 11) is 0. The number of imidazole rings is 1. The molecule has 2 N–H and O–H groups in total. The van der Waals surface area contributed by atoms with Crippen LogP contribution in [0.15, 0.2) is 29.2 Å². The summed E-state index contributed by atoms with van der Waals surface area (Å²) in [4.78, 5) is 44.8. The fourth-order valence-electron chi connectivity index (χ4n) is 3.85. The Hall–Kier alpha value is -3.15. The van der Waals surface area contributed by atoms with Crippen LogP contribution in [0.1, 0.15) is 32.1 Å². The molecule has 13 heteroatoms. The lowest BCUT2D eigenvalue weighted by Crippen LogP contribution is -2.34. The van der Waals surface area contributed by atoms with Gasteiger partial charge in [0.2, 0.25) is 5.95 Å². The summed E-state index contributed by atoms with van der Waals surface area (Å²) < 4.78 is 19.2. The van der Waals surface area contributed by atoms with E-state index in [1.807, 2.05) is 0 Å². The molecule has 11 nitrogen and oxygen atoms in total. The van der Waals surface area contributed by atoms with Crippen molar-refractivity contribution >= 4 is 52.3 Å². The third kappa shape index (κ3) is 4.86. The topological polar surface area (TPSA) is 141 Å². The third-order valence-electron chi connectivity index (χ3n) is 5.24. The molecule has 2 aromatic heterocycles. The zero-order chi connectivity index (χ0) is 24.6. The molecular weight excluding hydrogens is 489 g/mol. The molecule has 0 radical (unpaired) electrons. The number of rotatable bonds is 6. The monoisotopic (exact) mass is 509 g/mol. The summed E-state index contributed by atoms with van der Waals surface area (Å²) in [6, 6.07) is 5.03. The maximum Gasteiger partial charge on any atom is 0.332 e. The van der Waals surface area contributed by atoms with E-state index in [0.29, 0.717) is 21.1 Å². The van der Waals surface area contributed by atoms with Gasteiger partial charge in [0.05, 0.1) is 28.9 Å². The molecule has 1 aromatic carbocycles. The quantitative estimate of drug-likeness (QED) is 0.495. The molecule has 1 aliphatic heterocycles. The number of hydrogen-bond donors (Lipinski definition) is 1. The molecule has 1 aliphatic rings. The van der Waals surface area contributed by atoms with E-state index in [1.54, 1.807) is 18.2 Å². The van der Waals surface area contributed by atoms with Gasteiger partial charge in [-0.2, -0.15) is 4.98 Å². The lowest BCUT2D eigenvalue weighted by molar-refractivity contribution is -0.153. The molecule has 0 saturated carbocycles. The summed E-state index contributed by atoms with van der Waals surface area (Å²) in [5, 5.41) is 0.734. The summed E-state index contributed by atoms with van der Waals surface area (Å²) >= 11 is 12.1. The fraction of sp³-hybridized carbons (Fsp3) is 0.381. The van der Waals surface area contributed by atoms with Crippen LogP contribution in [-0.4, -0.2) is 49.9 Å². The minimum atomic E-state index is -1.02. The number of nitrogen functional groups attached to an aromatic ring is 1. The number of hydrogen-bond acceptors (Lipinski definition) is 9. The molecule has 3 atom stereocenters. The number of nitrogens with zero attached hydrogens (tertiary/aromatic N) is 4. The van der Waals surface area contributed by atoms with Gasteiger partial charge in [0, 0.05) is 20.3 Å². The number of ether oxygens (including phenoxy) is 3. The van der Waals surface area contributed by atoms with E-state index < -0.39 is 36.1 Å². The van der Waals surface area contributed by atoms with Crippen molar-refractivity contribution in [2.75, 3.05) is 12.3 Å². The van der Waals surface area contributed by atoms with Gasteiger partial charge in [0.25, 0.3) is 0 Å². The number of fused-ring (bicyclic) bond motifs is 1. The minimum absolute atomic E-state index is 0.0496.